The van der Waals surface area contributed by atoms with Gasteiger partial charge in [0.15, 0.2) is 11.2 Å². The highest BCUT2D eigenvalue weighted by Gasteiger charge is 2.63. The number of nitriles is 2. The van der Waals surface area contributed by atoms with E-state index in [0.29, 0.717) is 21.2 Å². The highest BCUT2D eigenvalue weighted by molar-refractivity contribution is 6.35. The Bertz CT molecular complexity index is 1400. The van der Waals surface area contributed by atoms with Gasteiger partial charge in [0.1, 0.15) is 6.04 Å². The van der Waals surface area contributed by atoms with Crippen LogP contribution in [0.5, 0.6) is 0 Å². The number of halogens is 2. The third kappa shape index (κ3) is 3.23. The van der Waals surface area contributed by atoms with Crippen molar-refractivity contribution in [3.63, 3.8) is 0 Å². The zero-order valence-electron chi connectivity index (χ0n) is 18.2. The summed E-state index contributed by atoms with van der Waals surface area (Å²) in [5, 5.41) is 21.7. The van der Waals surface area contributed by atoms with E-state index in [9.17, 15) is 15.3 Å². The van der Waals surface area contributed by atoms with Crippen molar-refractivity contribution in [3.05, 3.63) is 105 Å². The lowest BCUT2D eigenvalue weighted by Crippen LogP contribution is -2.44. The monoisotopic (exact) mass is 483 g/mol. The maximum Gasteiger partial charge on any atom is 0.185 e. The SMILES string of the molecule is Cc1ccc(C(=O)[C@@H]2[C@@H](c3ccc(Cl)cc3Cl)C(C#N)(C#N)[C@H]3C=Cc4ccccc4N23)cc1. The molecule has 34 heavy (non-hydrogen) atoms. The summed E-state index contributed by atoms with van der Waals surface area (Å²) in [5.74, 6) is -0.972. The number of anilines is 1. The van der Waals surface area contributed by atoms with Crippen LogP contribution >= 0.6 is 23.2 Å². The summed E-state index contributed by atoms with van der Waals surface area (Å²) < 4.78 is 0. The van der Waals surface area contributed by atoms with Gasteiger partial charge in [-0.3, -0.25) is 4.79 Å². The molecule has 1 saturated heterocycles. The Labute approximate surface area is 208 Å². The molecule has 5 rings (SSSR count). The summed E-state index contributed by atoms with van der Waals surface area (Å²) in [7, 11) is 0. The Kier molecular flexibility index (Phi) is 5.45. The van der Waals surface area contributed by atoms with Crippen LogP contribution in [-0.2, 0) is 0 Å². The van der Waals surface area contributed by atoms with Crippen LogP contribution < -0.4 is 4.90 Å². The minimum Gasteiger partial charge on any atom is -0.351 e. The number of aryl methyl sites for hydroxylation is 1. The average Bonchev–Trinajstić information content (AvgIpc) is 3.15. The van der Waals surface area contributed by atoms with Crippen LogP contribution in [0.3, 0.4) is 0 Å². The molecule has 0 spiro atoms. The lowest BCUT2D eigenvalue weighted by atomic mass is 9.69. The topological polar surface area (TPSA) is 67.9 Å². The Hall–Kier alpha value is -3.57. The van der Waals surface area contributed by atoms with Gasteiger partial charge in [-0.25, -0.2) is 0 Å². The predicted octanol–water partition coefficient (Wildman–Crippen LogP) is 6.59. The van der Waals surface area contributed by atoms with Crippen molar-refractivity contribution >= 4 is 40.7 Å². The van der Waals surface area contributed by atoms with Gasteiger partial charge in [-0.1, -0.05) is 89.4 Å². The second-order valence-electron chi connectivity index (χ2n) is 8.68. The van der Waals surface area contributed by atoms with Crippen LogP contribution in [-0.4, -0.2) is 17.9 Å². The number of carbonyl (C=O) groups excluding carboxylic acids is 1. The molecule has 3 aromatic carbocycles. The Morgan fingerprint density at radius 1 is 1.00 bits per heavy atom. The quantitative estimate of drug-likeness (QED) is 0.394. The van der Waals surface area contributed by atoms with Crippen LogP contribution in [0.15, 0.2) is 72.8 Å². The molecule has 0 unspecified atom stereocenters. The molecular formula is C28H19Cl2N3O. The van der Waals surface area contributed by atoms with Gasteiger partial charge in [0.05, 0.1) is 18.2 Å². The summed E-state index contributed by atoms with van der Waals surface area (Å²) in [6.45, 7) is 1.96. The van der Waals surface area contributed by atoms with Gasteiger partial charge in [-0.05, 0) is 36.2 Å². The fourth-order valence-electron chi connectivity index (χ4n) is 5.22. The fraction of sp³-hybridized carbons (Fsp3) is 0.179. The lowest BCUT2D eigenvalue weighted by Gasteiger charge is -2.35. The lowest BCUT2D eigenvalue weighted by molar-refractivity contribution is 0.0951. The summed E-state index contributed by atoms with van der Waals surface area (Å²) >= 11 is 12.8. The normalized spacial score (nSPS) is 21.8. The number of nitrogens with zero attached hydrogens (tertiary/aromatic N) is 3. The first-order valence-corrected chi connectivity index (χ1v) is 11.6. The molecule has 2 aliphatic heterocycles. The van der Waals surface area contributed by atoms with Crippen molar-refractivity contribution in [2.24, 2.45) is 5.41 Å². The molecule has 1 fully saturated rings. The Balaban J connectivity index is 1.80. The van der Waals surface area contributed by atoms with Crippen LogP contribution in [0, 0.1) is 35.0 Å². The molecule has 6 heteroatoms. The number of ketones is 1. The van der Waals surface area contributed by atoms with Gasteiger partial charge in [0, 0.05) is 27.2 Å². The summed E-state index contributed by atoms with van der Waals surface area (Å²) in [6.07, 6.45) is 3.77. The molecule has 0 N–H and O–H groups in total. The number of rotatable bonds is 3. The van der Waals surface area contributed by atoms with Crippen molar-refractivity contribution in [1.82, 2.24) is 0 Å². The molecular weight excluding hydrogens is 465 g/mol. The van der Waals surface area contributed by atoms with Crippen LogP contribution in [0.2, 0.25) is 10.0 Å². The average molecular weight is 484 g/mol. The molecule has 0 radical (unpaired) electrons. The van der Waals surface area contributed by atoms with Crippen LogP contribution in [0.4, 0.5) is 5.69 Å². The second-order valence-corrected chi connectivity index (χ2v) is 9.52. The van der Waals surface area contributed by atoms with Crippen molar-refractivity contribution < 1.29 is 4.79 Å². The molecule has 0 aromatic heterocycles. The molecule has 0 aliphatic carbocycles. The Morgan fingerprint density at radius 2 is 1.71 bits per heavy atom. The largest absolute Gasteiger partial charge is 0.351 e. The fourth-order valence-corrected chi connectivity index (χ4v) is 5.75. The molecule has 0 amide bonds. The molecule has 2 heterocycles. The van der Waals surface area contributed by atoms with E-state index in [-0.39, 0.29) is 5.78 Å². The zero-order valence-corrected chi connectivity index (χ0v) is 19.8. The Morgan fingerprint density at radius 3 is 2.38 bits per heavy atom. The van der Waals surface area contributed by atoms with Crippen molar-refractivity contribution in [3.8, 4) is 12.1 Å². The third-order valence-electron chi connectivity index (χ3n) is 6.82. The highest BCUT2D eigenvalue weighted by atomic mass is 35.5. The summed E-state index contributed by atoms with van der Waals surface area (Å²) in [5.41, 5.74) is 2.29. The molecule has 0 saturated carbocycles. The zero-order chi connectivity index (χ0) is 24.0. The van der Waals surface area contributed by atoms with Crippen molar-refractivity contribution in [2.45, 2.75) is 24.9 Å². The maximum absolute atomic E-state index is 14.2. The minimum absolute atomic E-state index is 0.168. The molecule has 4 nitrogen and oxygen atoms in total. The maximum atomic E-state index is 14.2. The molecule has 0 bridgehead atoms. The first kappa shape index (κ1) is 22.2. The van der Waals surface area contributed by atoms with Gasteiger partial charge in [0.2, 0.25) is 0 Å². The van der Waals surface area contributed by atoms with E-state index in [0.717, 1.165) is 16.8 Å². The van der Waals surface area contributed by atoms with Gasteiger partial charge in [-0.2, -0.15) is 10.5 Å². The van der Waals surface area contributed by atoms with E-state index in [1.54, 1.807) is 30.3 Å². The predicted molar refractivity (Wildman–Crippen MR) is 134 cm³/mol. The standard InChI is InChI=1S/C28H19Cl2N3O/c1-17-6-8-19(9-7-17)27(34)26-25(21-12-11-20(29)14-22(21)30)28(15-31,16-32)24-13-10-18-4-2-3-5-23(18)33(24)26/h2-14,24-26H,1H3/t24-,25-,26+/m1/s1. The van der Waals surface area contributed by atoms with E-state index in [2.05, 4.69) is 12.1 Å². The van der Waals surface area contributed by atoms with E-state index in [1.165, 1.54) is 0 Å². The number of hydrogen-bond acceptors (Lipinski definition) is 4. The van der Waals surface area contributed by atoms with E-state index in [1.807, 2.05) is 60.4 Å². The number of Topliss-reactive ketones (excluding diaryl/α,β-unsaturated/α-hetero) is 1. The number of para-hydroxylation sites is 1. The van der Waals surface area contributed by atoms with Gasteiger partial charge in [-0.15, -0.1) is 0 Å². The molecule has 3 aromatic rings. The second kappa shape index (κ2) is 8.33. The first-order chi connectivity index (χ1) is 16.4. The van der Waals surface area contributed by atoms with Gasteiger partial charge in [0.25, 0.3) is 0 Å². The van der Waals surface area contributed by atoms with E-state index < -0.39 is 23.4 Å². The van der Waals surface area contributed by atoms with Gasteiger partial charge < -0.3 is 4.90 Å². The third-order valence-corrected chi connectivity index (χ3v) is 7.38. The first-order valence-electron chi connectivity index (χ1n) is 10.8. The van der Waals surface area contributed by atoms with Gasteiger partial charge >= 0.3 is 0 Å². The number of carbonyl (C=O) groups is 1. The van der Waals surface area contributed by atoms with Crippen molar-refractivity contribution in [1.29, 1.82) is 10.5 Å². The van der Waals surface area contributed by atoms with Crippen molar-refractivity contribution in [2.75, 3.05) is 4.90 Å². The highest BCUT2D eigenvalue weighted by Crippen LogP contribution is 2.56. The number of benzene rings is 3. The smallest absolute Gasteiger partial charge is 0.185 e. The molecule has 166 valence electrons. The summed E-state index contributed by atoms with van der Waals surface area (Å²) in [4.78, 5) is 16.1. The van der Waals surface area contributed by atoms with E-state index in [4.69, 9.17) is 23.2 Å². The van der Waals surface area contributed by atoms with E-state index >= 15 is 0 Å². The number of hydrogen-bond donors (Lipinski definition) is 0. The molecule has 2 aliphatic rings. The number of fused-ring (bicyclic) bond motifs is 3. The minimum atomic E-state index is -1.55. The van der Waals surface area contributed by atoms with Crippen LogP contribution in [0.25, 0.3) is 6.08 Å². The van der Waals surface area contributed by atoms with Crippen LogP contribution in [0.1, 0.15) is 33.0 Å². The summed E-state index contributed by atoms with van der Waals surface area (Å²) in [6, 6.07) is 23.2. The molecule has 3 atom stereocenters.